The minimum absolute atomic E-state index is 0.366. The first-order chi connectivity index (χ1) is 8.55. The van der Waals surface area contributed by atoms with E-state index in [1.165, 1.54) is 6.07 Å². The molecule has 2 nitrogen and oxygen atoms in total. The van der Waals surface area contributed by atoms with Gasteiger partial charge in [0.25, 0.3) is 0 Å². The zero-order valence-corrected chi connectivity index (χ0v) is 9.50. The maximum absolute atomic E-state index is 12.5. The molecule has 0 atom stereocenters. The highest BCUT2D eigenvalue weighted by Gasteiger charge is 2.30. The maximum Gasteiger partial charge on any atom is 0.416 e. The molecule has 96 valence electrons. The standard InChI is InChI=1S/C13H12F3NO/c14-13(15,16)11-4-1-3-10(7-11)8-17-9-12-5-2-6-18-12/h1-7,17H,8-9H2. The number of halogens is 3. The van der Waals surface area contributed by atoms with Gasteiger partial charge in [-0.2, -0.15) is 13.2 Å². The topological polar surface area (TPSA) is 25.2 Å². The molecule has 1 heterocycles. The Morgan fingerprint density at radius 3 is 2.56 bits per heavy atom. The molecule has 1 aromatic heterocycles. The molecule has 5 heteroatoms. The highest BCUT2D eigenvalue weighted by atomic mass is 19.4. The van der Waals surface area contributed by atoms with Crippen LogP contribution < -0.4 is 5.32 Å². The second-order valence-electron chi connectivity index (χ2n) is 3.88. The summed E-state index contributed by atoms with van der Waals surface area (Å²) in [5.41, 5.74) is -0.0313. The van der Waals surface area contributed by atoms with E-state index in [0.29, 0.717) is 18.7 Å². The smallest absolute Gasteiger partial charge is 0.416 e. The molecule has 1 aromatic carbocycles. The van der Waals surface area contributed by atoms with Gasteiger partial charge in [0.2, 0.25) is 0 Å². The third-order valence-electron chi connectivity index (χ3n) is 2.46. The molecular formula is C13H12F3NO. The van der Waals surface area contributed by atoms with Gasteiger partial charge in [-0.25, -0.2) is 0 Å². The van der Waals surface area contributed by atoms with E-state index in [4.69, 9.17) is 4.42 Å². The van der Waals surface area contributed by atoms with E-state index in [2.05, 4.69) is 5.32 Å². The Hall–Kier alpha value is -1.75. The summed E-state index contributed by atoms with van der Waals surface area (Å²) in [6.45, 7) is 0.855. The molecule has 18 heavy (non-hydrogen) atoms. The molecule has 0 saturated carbocycles. The second-order valence-corrected chi connectivity index (χ2v) is 3.88. The summed E-state index contributed by atoms with van der Waals surface area (Å²) >= 11 is 0. The van der Waals surface area contributed by atoms with Crippen LogP contribution in [0, 0.1) is 0 Å². The lowest BCUT2D eigenvalue weighted by Gasteiger charge is -2.09. The summed E-state index contributed by atoms with van der Waals surface area (Å²) in [7, 11) is 0. The fourth-order valence-corrected chi connectivity index (χ4v) is 1.60. The van der Waals surface area contributed by atoms with Crippen molar-refractivity contribution in [2.45, 2.75) is 19.3 Å². The van der Waals surface area contributed by atoms with Gasteiger partial charge in [0.15, 0.2) is 0 Å². The number of hydrogen-bond donors (Lipinski definition) is 1. The van der Waals surface area contributed by atoms with Crippen LogP contribution in [0.15, 0.2) is 47.1 Å². The maximum atomic E-state index is 12.5. The van der Waals surface area contributed by atoms with E-state index >= 15 is 0 Å². The highest BCUT2D eigenvalue weighted by Crippen LogP contribution is 2.29. The van der Waals surface area contributed by atoms with Crippen LogP contribution in [-0.4, -0.2) is 0 Å². The lowest BCUT2D eigenvalue weighted by molar-refractivity contribution is -0.137. The first-order valence-electron chi connectivity index (χ1n) is 5.45. The number of furan rings is 1. The van der Waals surface area contributed by atoms with E-state index < -0.39 is 11.7 Å². The Morgan fingerprint density at radius 1 is 1.06 bits per heavy atom. The Morgan fingerprint density at radius 2 is 1.89 bits per heavy atom. The average molecular weight is 255 g/mol. The Kier molecular flexibility index (Phi) is 3.72. The van der Waals surface area contributed by atoms with E-state index in [0.717, 1.165) is 17.9 Å². The molecule has 1 N–H and O–H groups in total. The monoisotopic (exact) mass is 255 g/mol. The number of hydrogen-bond acceptors (Lipinski definition) is 2. The van der Waals surface area contributed by atoms with E-state index in [1.54, 1.807) is 24.5 Å². The summed E-state index contributed by atoms with van der Waals surface area (Å²) < 4.78 is 42.5. The van der Waals surface area contributed by atoms with Crippen LogP contribution >= 0.6 is 0 Å². The van der Waals surface area contributed by atoms with Gasteiger partial charge in [0.05, 0.1) is 18.4 Å². The van der Waals surface area contributed by atoms with Crippen molar-refractivity contribution in [1.29, 1.82) is 0 Å². The third-order valence-corrected chi connectivity index (χ3v) is 2.46. The van der Waals surface area contributed by atoms with Gasteiger partial charge in [0.1, 0.15) is 5.76 Å². The molecule has 0 aliphatic rings. The van der Waals surface area contributed by atoms with E-state index in [-0.39, 0.29) is 0 Å². The SMILES string of the molecule is FC(F)(F)c1cccc(CNCc2ccco2)c1. The Labute approximate surface area is 102 Å². The summed E-state index contributed by atoms with van der Waals surface area (Å²) in [5.74, 6) is 0.752. The molecule has 0 aliphatic carbocycles. The van der Waals surface area contributed by atoms with Gasteiger partial charge in [-0.05, 0) is 23.8 Å². The summed E-state index contributed by atoms with van der Waals surface area (Å²) in [5, 5.41) is 3.02. The molecule has 0 fully saturated rings. The summed E-state index contributed by atoms with van der Waals surface area (Å²) in [6.07, 6.45) is -2.74. The van der Waals surface area contributed by atoms with Crippen LogP contribution in [0.25, 0.3) is 0 Å². The molecule has 0 bridgehead atoms. The predicted octanol–water partition coefficient (Wildman–Crippen LogP) is 3.59. The summed E-state index contributed by atoms with van der Waals surface area (Å²) in [6, 6.07) is 8.85. The lowest BCUT2D eigenvalue weighted by Crippen LogP contribution is -2.13. The highest BCUT2D eigenvalue weighted by molar-refractivity contribution is 5.25. The van der Waals surface area contributed by atoms with Crippen molar-refractivity contribution >= 4 is 0 Å². The van der Waals surface area contributed by atoms with Crippen LogP contribution in [-0.2, 0) is 19.3 Å². The molecule has 0 aliphatic heterocycles. The van der Waals surface area contributed by atoms with Crippen molar-refractivity contribution in [2.24, 2.45) is 0 Å². The third kappa shape index (κ3) is 3.37. The first-order valence-corrected chi connectivity index (χ1v) is 5.45. The number of benzene rings is 1. The molecule has 0 unspecified atom stereocenters. The number of alkyl halides is 3. The van der Waals surface area contributed by atoms with E-state index in [9.17, 15) is 13.2 Å². The molecular weight excluding hydrogens is 243 g/mol. The van der Waals surface area contributed by atoms with Gasteiger partial charge in [0, 0.05) is 6.54 Å². The van der Waals surface area contributed by atoms with Crippen molar-refractivity contribution < 1.29 is 17.6 Å². The molecule has 0 spiro atoms. The van der Waals surface area contributed by atoms with Gasteiger partial charge in [-0.15, -0.1) is 0 Å². The van der Waals surface area contributed by atoms with Crippen molar-refractivity contribution in [1.82, 2.24) is 5.32 Å². The normalized spacial score (nSPS) is 11.7. The summed E-state index contributed by atoms with van der Waals surface area (Å²) in [4.78, 5) is 0. The van der Waals surface area contributed by atoms with Crippen LogP contribution in [0.3, 0.4) is 0 Å². The minimum Gasteiger partial charge on any atom is -0.468 e. The van der Waals surface area contributed by atoms with Crippen LogP contribution in [0.5, 0.6) is 0 Å². The van der Waals surface area contributed by atoms with Crippen LogP contribution in [0.1, 0.15) is 16.9 Å². The number of nitrogens with one attached hydrogen (secondary N) is 1. The fraction of sp³-hybridized carbons (Fsp3) is 0.231. The van der Waals surface area contributed by atoms with Gasteiger partial charge < -0.3 is 9.73 Å². The lowest BCUT2D eigenvalue weighted by atomic mass is 10.1. The quantitative estimate of drug-likeness (QED) is 0.903. The van der Waals surface area contributed by atoms with Crippen LogP contribution in [0.2, 0.25) is 0 Å². The zero-order valence-electron chi connectivity index (χ0n) is 9.50. The Balaban J connectivity index is 1.93. The molecule has 0 amide bonds. The minimum atomic E-state index is -4.29. The zero-order chi connectivity index (χ0) is 13.0. The predicted molar refractivity (Wildman–Crippen MR) is 60.7 cm³/mol. The van der Waals surface area contributed by atoms with Gasteiger partial charge in [-0.3, -0.25) is 0 Å². The average Bonchev–Trinajstić information content (AvgIpc) is 2.81. The Bertz CT molecular complexity index is 491. The first kappa shape index (κ1) is 12.7. The molecule has 2 rings (SSSR count). The fourth-order valence-electron chi connectivity index (χ4n) is 1.60. The second kappa shape index (κ2) is 5.27. The molecule has 0 saturated heterocycles. The van der Waals surface area contributed by atoms with Crippen molar-refractivity contribution in [3.8, 4) is 0 Å². The van der Waals surface area contributed by atoms with Crippen molar-refractivity contribution in [2.75, 3.05) is 0 Å². The van der Waals surface area contributed by atoms with Crippen LogP contribution in [0.4, 0.5) is 13.2 Å². The van der Waals surface area contributed by atoms with Gasteiger partial charge >= 0.3 is 6.18 Å². The number of rotatable bonds is 4. The molecule has 0 radical (unpaired) electrons. The molecule has 2 aromatic rings. The van der Waals surface area contributed by atoms with E-state index in [1.807, 2.05) is 0 Å². The van der Waals surface area contributed by atoms with Crippen molar-refractivity contribution in [3.05, 3.63) is 59.5 Å². The van der Waals surface area contributed by atoms with Gasteiger partial charge in [-0.1, -0.05) is 18.2 Å². The largest absolute Gasteiger partial charge is 0.468 e. The van der Waals surface area contributed by atoms with Crippen molar-refractivity contribution in [3.63, 3.8) is 0 Å².